The van der Waals surface area contributed by atoms with Crippen LogP contribution >= 0.6 is 15.9 Å². The molecular formula is C14H12BrNO2. The van der Waals surface area contributed by atoms with Crippen molar-refractivity contribution in [2.45, 2.75) is 13.3 Å². The highest BCUT2D eigenvalue weighted by Crippen LogP contribution is 2.23. The molecule has 2 rings (SSSR count). The van der Waals surface area contributed by atoms with Crippen LogP contribution in [0.1, 0.15) is 23.8 Å². The Morgan fingerprint density at radius 3 is 2.72 bits per heavy atom. The highest BCUT2D eigenvalue weighted by molar-refractivity contribution is 9.10. The van der Waals surface area contributed by atoms with E-state index in [9.17, 15) is 4.79 Å². The Kier molecular flexibility index (Phi) is 4.10. The fourth-order valence-electron chi connectivity index (χ4n) is 1.45. The van der Waals surface area contributed by atoms with Crippen LogP contribution in [0.25, 0.3) is 0 Å². The number of rotatable bonds is 4. The molecular weight excluding hydrogens is 294 g/mol. The maximum atomic E-state index is 11.4. The molecule has 4 heteroatoms. The number of hydrogen-bond acceptors (Lipinski definition) is 3. The van der Waals surface area contributed by atoms with Gasteiger partial charge in [-0.05, 0) is 30.3 Å². The highest BCUT2D eigenvalue weighted by atomic mass is 79.9. The van der Waals surface area contributed by atoms with Crippen LogP contribution in [0.4, 0.5) is 0 Å². The lowest BCUT2D eigenvalue weighted by molar-refractivity contribution is 0.0983. The van der Waals surface area contributed by atoms with Crippen molar-refractivity contribution in [1.29, 1.82) is 0 Å². The van der Waals surface area contributed by atoms with Crippen molar-refractivity contribution in [1.82, 2.24) is 4.98 Å². The second-order valence-corrected chi connectivity index (χ2v) is 4.63. The minimum atomic E-state index is 0.0315. The van der Waals surface area contributed by atoms with Crippen LogP contribution in [0, 0.1) is 0 Å². The van der Waals surface area contributed by atoms with Crippen LogP contribution in [0.5, 0.6) is 11.5 Å². The van der Waals surface area contributed by atoms with E-state index in [1.807, 2.05) is 31.2 Å². The summed E-state index contributed by atoms with van der Waals surface area (Å²) in [7, 11) is 0. The van der Waals surface area contributed by atoms with Gasteiger partial charge in [-0.25, -0.2) is 4.98 Å². The molecule has 0 amide bonds. The van der Waals surface area contributed by atoms with Gasteiger partial charge in [0.15, 0.2) is 5.78 Å². The number of ether oxygens (including phenoxy) is 1. The SMILES string of the molecule is CCC(=O)c1ccc(Oc2cccc(Br)c2)cn1. The first kappa shape index (κ1) is 12.8. The lowest BCUT2D eigenvalue weighted by Crippen LogP contribution is -1.99. The predicted octanol–water partition coefficient (Wildman–Crippen LogP) is 4.23. The number of ketones is 1. The largest absolute Gasteiger partial charge is 0.456 e. The van der Waals surface area contributed by atoms with Gasteiger partial charge in [-0.15, -0.1) is 0 Å². The molecule has 0 radical (unpaired) electrons. The van der Waals surface area contributed by atoms with Gasteiger partial charge in [0.25, 0.3) is 0 Å². The maximum Gasteiger partial charge on any atom is 0.180 e. The summed E-state index contributed by atoms with van der Waals surface area (Å²) < 4.78 is 6.57. The standard InChI is InChI=1S/C14H12BrNO2/c1-2-14(17)13-7-6-12(9-16-13)18-11-5-3-4-10(15)8-11/h3-9H,2H2,1H3. The molecule has 0 unspecified atom stereocenters. The highest BCUT2D eigenvalue weighted by Gasteiger charge is 2.05. The van der Waals surface area contributed by atoms with Crippen LogP contribution in [0.3, 0.4) is 0 Å². The normalized spacial score (nSPS) is 10.1. The number of halogens is 1. The average molecular weight is 306 g/mol. The summed E-state index contributed by atoms with van der Waals surface area (Å²) in [4.78, 5) is 15.5. The molecule has 1 heterocycles. The van der Waals surface area contributed by atoms with Crippen molar-refractivity contribution >= 4 is 21.7 Å². The minimum Gasteiger partial charge on any atom is -0.456 e. The first-order chi connectivity index (χ1) is 8.69. The van der Waals surface area contributed by atoms with Crippen molar-refractivity contribution in [2.75, 3.05) is 0 Å². The second kappa shape index (κ2) is 5.78. The molecule has 1 aromatic heterocycles. The molecule has 0 spiro atoms. The summed E-state index contributed by atoms with van der Waals surface area (Å²) in [5.41, 5.74) is 0.471. The Morgan fingerprint density at radius 2 is 2.11 bits per heavy atom. The summed E-state index contributed by atoms with van der Waals surface area (Å²) in [5, 5.41) is 0. The van der Waals surface area contributed by atoms with E-state index in [0.29, 0.717) is 17.9 Å². The smallest absolute Gasteiger partial charge is 0.180 e. The van der Waals surface area contributed by atoms with Gasteiger partial charge in [0.05, 0.1) is 6.20 Å². The number of nitrogens with zero attached hydrogens (tertiary/aromatic N) is 1. The van der Waals surface area contributed by atoms with E-state index in [0.717, 1.165) is 10.2 Å². The third-order valence-electron chi connectivity index (χ3n) is 2.37. The molecule has 0 fully saturated rings. The Morgan fingerprint density at radius 1 is 1.28 bits per heavy atom. The molecule has 0 aliphatic rings. The third kappa shape index (κ3) is 3.17. The summed E-state index contributed by atoms with van der Waals surface area (Å²) in [6, 6.07) is 11.0. The molecule has 0 aliphatic heterocycles. The van der Waals surface area contributed by atoms with E-state index < -0.39 is 0 Å². The summed E-state index contributed by atoms with van der Waals surface area (Å²) >= 11 is 3.38. The van der Waals surface area contributed by atoms with Gasteiger partial charge >= 0.3 is 0 Å². The topological polar surface area (TPSA) is 39.2 Å². The molecule has 3 nitrogen and oxygen atoms in total. The van der Waals surface area contributed by atoms with E-state index in [4.69, 9.17) is 4.74 Å². The molecule has 0 bridgehead atoms. The van der Waals surface area contributed by atoms with Crippen molar-refractivity contribution < 1.29 is 9.53 Å². The zero-order chi connectivity index (χ0) is 13.0. The van der Waals surface area contributed by atoms with Crippen LogP contribution in [0.2, 0.25) is 0 Å². The molecule has 2 aromatic rings. The maximum absolute atomic E-state index is 11.4. The number of benzene rings is 1. The van der Waals surface area contributed by atoms with Gasteiger partial charge in [0, 0.05) is 10.9 Å². The van der Waals surface area contributed by atoms with Gasteiger partial charge in [0.1, 0.15) is 17.2 Å². The van der Waals surface area contributed by atoms with Crippen molar-refractivity contribution in [3.63, 3.8) is 0 Å². The van der Waals surface area contributed by atoms with Gasteiger partial charge in [-0.1, -0.05) is 28.9 Å². The Hall–Kier alpha value is -1.68. The van der Waals surface area contributed by atoms with Gasteiger partial charge in [-0.3, -0.25) is 4.79 Å². The number of aromatic nitrogens is 1. The second-order valence-electron chi connectivity index (χ2n) is 3.72. The fraction of sp³-hybridized carbons (Fsp3) is 0.143. The van der Waals surface area contributed by atoms with Crippen molar-refractivity contribution in [3.8, 4) is 11.5 Å². The van der Waals surface area contributed by atoms with Crippen LogP contribution < -0.4 is 4.74 Å². The number of Topliss-reactive ketones (excluding diaryl/α,β-unsaturated/α-hetero) is 1. The van der Waals surface area contributed by atoms with Crippen LogP contribution in [0.15, 0.2) is 47.1 Å². The summed E-state index contributed by atoms with van der Waals surface area (Å²) in [6.07, 6.45) is 2.02. The molecule has 18 heavy (non-hydrogen) atoms. The van der Waals surface area contributed by atoms with Gasteiger partial charge in [-0.2, -0.15) is 0 Å². The van der Waals surface area contributed by atoms with E-state index in [-0.39, 0.29) is 5.78 Å². The summed E-state index contributed by atoms with van der Waals surface area (Å²) in [5.74, 6) is 1.37. The van der Waals surface area contributed by atoms with Gasteiger partial charge < -0.3 is 4.74 Å². The molecule has 0 saturated heterocycles. The predicted molar refractivity (Wildman–Crippen MR) is 73.1 cm³/mol. The molecule has 0 aliphatic carbocycles. The van der Waals surface area contributed by atoms with E-state index >= 15 is 0 Å². The van der Waals surface area contributed by atoms with E-state index in [2.05, 4.69) is 20.9 Å². The Bertz CT molecular complexity index is 552. The van der Waals surface area contributed by atoms with Gasteiger partial charge in [0.2, 0.25) is 0 Å². The molecule has 92 valence electrons. The number of hydrogen-bond donors (Lipinski definition) is 0. The summed E-state index contributed by atoms with van der Waals surface area (Å²) in [6.45, 7) is 1.82. The minimum absolute atomic E-state index is 0.0315. The van der Waals surface area contributed by atoms with E-state index in [1.54, 1.807) is 18.3 Å². The van der Waals surface area contributed by atoms with E-state index in [1.165, 1.54) is 0 Å². The monoisotopic (exact) mass is 305 g/mol. The average Bonchev–Trinajstić information content (AvgIpc) is 2.39. The number of carbonyl (C=O) groups excluding carboxylic acids is 1. The van der Waals surface area contributed by atoms with Crippen molar-refractivity contribution in [3.05, 3.63) is 52.8 Å². The molecule has 0 saturated carbocycles. The lowest BCUT2D eigenvalue weighted by Gasteiger charge is -2.06. The zero-order valence-electron chi connectivity index (χ0n) is 9.89. The third-order valence-corrected chi connectivity index (χ3v) is 2.87. The van der Waals surface area contributed by atoms with Crippen molar-refractivity contribution in [2.24, 2.45) is 0 Å². The molecule has 0 N–H and O–H groups in total. The quantitative estimate of drug-likeness (QED) is 0.794. The van der Waals surface area contributed by atoms with Crippen LogP contribution in [-0.4, -0.2) is 10.8 Å². The fourth-order valence-corrected chi connectivity index (χ4v) is 1.83. The van der Waals surface area contributed by atoms with Crippen LogP contribution in [-0.2, 0) is 0 Å². The zero-order valence-corrected chi connectivity index (χ0v) is 11.5. The lowest BCUT2D eigenvalue weighted by atomic mass is 10.2. The first-order valence-corrected chi connectivity index (χ1v) is 6.41. The molecule has 0 atom stereocenters. The Labute approximate surface area is 114 Å². The Balaban J connectivity index is 2.13. The molecule has 1 aromatic carbocycles. The first-order valence-electron chi connectivity index (χ1n) is 5.61. The number of carbonyl (C=O) groups is 1. The number of pyridine rings is 1.